The van der Waals surface area contributed by atoms with Crippen LogP contribution < -0.4 is 5.32 Å². The molecule has 25 heavy (non-hydrogen) atoms. The first-order valence-electron chi connectivity index (χ1n) is 7.64. The molecule has 1 amide bonds. The van der Waals surface area contributed by atoms with Crippen LogP contribution in [0.1, 0.15) is 22.8 Å². The molecule has 0 bridgehead atoms. The smallest absolute Gasteiger partial charge is 0.243 e. The lowest BCUT2D eigenvalue weighted by molar-refractivity contribution is -0.116. The topological polar surface area (TPSA) is 83.6 Å². The maximum atomic E-state index is 12.5. The maximum Gasteiger partial charge on any atom is 0.243 e. The second-order valence-corrected chi connectivity index (χ2v) is 7.75. The quantitative estimate of drug-likeness (QED) is 0.802. The summed E-state index contributed by atoms with van der Waals surface area (Å²) in [5, 5.41) is 2.70. The number of benzene rings is 2. The summed E-state index contributed by atoms with van der Waals surface area (Å²) in [6.07, 6.45) is 0. The number of hydrogen-bond donors (Lipinski definition) is 1. The van der Waals surface area contributed by atoms with Gasteiger partial charge in [0.1, 0.15) is 0 Å². The predicted molar refractivity (Wildman–Crippen MR) is 96.1 cm³/mol. The van der Waals surface area contributed by atoms with Gasteiger partial charge in [0, 0.05) is 18.3 Å². The lowest BCUT2D eigenvalue weighted by atomic mass is 10.2. The number of sulfonamides is 1. The number of carbonyl (C=O) groups is 2. The van der Waals surface area contributed by atoms with Crippen LogP contribution in [0.5, 0.6) is 0 Å². The molecule has 6 nitrogen and oxygen atoms in total. The van der Waals surface area contributed by atoms with Gasteiger partial charge in [0.05, 0.1) is 11.4 Å². The van der Waals surface area contributed by atoms with Gasteiger partial charge in [-0.2, -0.15) is 4.31 Å². The van der Waals surface area contributed by atoms with Gasteiger partial charge in [0.2, 0.25) is 15.9 Å². The van der Waals surface area contributed by atoms with E-state index in [4.69, 9.17) is 0 Å². The van der Waals surface area contributed by atoms with Gasteiger partial charge in [-0.05, 0) is 37.6 Å². The summed E-state index contributed by atoms with van der Waals surface area (Å²) in [5.74, 6) is -0.573. The minimum absolute atomic E-state index is 0.0312. The molecule has 0 aliphatic carbocycles. The Labute approximate surface area is 147 Å². The molecule has 0 saturated heterocycles. The van der Waals surface area contributed by atoms with Gasteiger partial charge in [-0.15, -0.1) is 0 Å². The molecule has 0 aliphatic heterocycles. The molecular formula is C18H20N2O4S. The molecule has 0 fully saturated rings. The SMILES string of the molecule is CC(=O)c1ccc(S(=O)(=O)N(C)CC(=O)Nc2ccccc2C)cc1. The summed E-state index contributed by atoms with van der Waals surface area (Å²) in [7, 11) is -2.48. The summed E-state index contributed by atoms with van der Waals surface area (Å²) >= 11 is 0. The van der Waals surface area contributed by atoms with Gasteiger partial charge in [-0.1, -0.05) is 30.3 Å². The Bertz CT molecular complexity index is 890. The Balaban J connectivity index is 2.10. The molecule has 0 unspecified atom stereocenters. The number of nitrogens with one attached hydrogen (secondary N) is 1. The summed E-state index contributed by atoms with van der Waals surface area (Å²) in [6, 6.07) is 12.9. The van der Waals surface area contributed by atoms with E-state index in [1.54, 1.807) is 12.1 Å². The van der Waals surface area contributed by atoms with Crippen molar-refractivity contribution in [2.75, 3.05) is 18.9 Å². The number of nitrogens with zero attached hydrogens (tertiary/aromatic N) is 1. The standard InChI is InChI=1S/C18H20N2O4S/c1-13-6-4-5-7-17(13)19-18(22)12-20(3)25(23,24)16-10-8-15(9-11-16)14(2)21/h4-11H,12H2,1-3H3,(H,19,22). The average molecular weight is 360 g/mol. The molecular weight excluding hydrogens is 340 g/mol. The van der Waals surface area contributed by atoms with Crippen LogP contribution in [0.15, 0.2) is 53.4 Å². The van der Waals surface area contributed by atoms with E-state index in [-0.39, 0.29) is 17.2 Å². The summed E-state index contributed by atoms with van der Waals surface area (Å²) in [4.78, 5) is 23.4. The zero-order chi connectivity index (χ0) is 18.6. The van der Waals surface area contributed by atoms with Crippen molar-refractivity contribution in [3.63, 3.8) is 0 Å². The van der Waals surface area contributed by atoms with Crippen LogP contribution in [0.3, 0.4) is 0 Å². The highest BCUT2D eigenvalue weighted by molar-refractivity contribution is 7.89. The van der Waals surface area contributed by atoms with Crippen molar-refractivity contribution in [1.82, 2.24) is 4.31 Å². The van der Waals surface area contributed by atoms with Gasteiger partial charge in [0.15, 0.2) is 5.78 Å². The van der Waals surface area contributed by atoms with Crippen LogP contribution in [0, 0.1) is 6.92 Å². The number of ketones is 1. The van der Waals surface area contributed by atoms with Crippen LogP contribution in [-0.4, -0.2) is 38.0 Å². The van der Waals surface area contributed by atoms with Crippen molar-refractivity contribution >= 4 is 27.4 Å². The third-order valence-corrected chi connectivity index (χ3v) is 5.57. The molecule has 0 atom stereocenters. The molecule has 132 valence electrons. The van der Waals surface area contributed by atoms with E-state index < -0.39 is 15.9 Å². The second kappa shape index (κ2) is 7.58. The average Bonchev–Trinajstić information content (AvgIpc) is 2.57. The minimum atomic E-state index is -3.82. The monoisotopic (exact) mass is 360 g/mol. The van der Waals surface area contributed by atoms with E-state index in [9.17, 15) is 18.0 Å². The zero-order valence-electron chi connectivity index (χ0n) is 14.3. The fourth-order valence-electron chi connectivity index (χ4n) is 2.23. The third-order valence-electron chi connectivity index (χ3n) is 3.75. The Morgan fingerprint density at radius 3 is 2.20 bits per heavy atom. The number of rotatable bonds is 6. The van der Waals surface area contributed by atoms with Gasteiger partial charge in [0.25, 0.3) is 0 Å². The van der Waals surface area contributed by atoms with E-state index in [0.717, 1.165) is 9.87 Å². The highest BCUT2D eigenvalue weighted by atomic mass is 32.2. The van der Waals surface area contributed by atoms with Crippen LogP contribution in [0.4, 0.5) is 5.69 Å². The predicted octanol–water partition coefficient (Wildman–Crippen LogP) is 2.46. The number of para-hydroxylation sites is 1. The first-order valence-corrected chi connectivity index (χ1v) is 9.08. The summed E-state index contributed by atoms with van der Waals surface area (Å²) in [6.45, 7) is 2.95. The van der Waals surface area contributed by atoms with Crippen molar-refractivity contribution < 1.29 is 18.0 Å². The number of likely N-dealkylation sites (N-methyl/N-ethyl adjacent to an activating group) is 1. The van der Waals surface area contributed by atoms with Crippen molar-refractivity contribution in [1.29, 1.82) is 0 Å². The van der Waals surface area contributed by atoms with E-state index in [1.807, 2.05) is 19.1 Å². The lowest BCUT2D eigenvalue weighted by Crippen LogP contribution is -2.35. The number of amides is 1. The third kappa shape index (κ3) is 4.52. The van der Waals surface area contributed by atoms with E-state index >= 15 is 0 Å². The fourth-order valence-corrected chi connectivity index (χ4v) is 3.36. The number of carbonyl (C=O) groups excluding carboxylic acids is 2. The lowest BCUT2D eigenvalue weighted by Gasteiger charge is -2.17. The van der Waals surface area contributed by atoms with Crippen LogP contribution in [0.25, 0.3) is 0 Å². The number of aryl methyl sites for hydroxylation is 1. The number of anilines is 1. The van der Waals surface area contributed by atoms with Crippen LogP contribution in [-0.2, 0) is 14.8 Å². The van der Waals surface area contributed by atoms with Crippen LogP contribution in [0.2, 0.25) is 0 Å². The highest BCUT2D eigenvalue weighted by Crippen LogP contribution is 2.17. The van der Waals surface area contributed by atoms with Crippen LogP contribution >= 0.6 is 0 Å². The Morgan fingerprint density at radius 1 is 1.04 bits per heavy atom. The van der Waals surface area contributed by atoms with E-state index in [0.29, 0.717) is 11.3 Å². The van der Waals surface area contributed by atoms with E-state index in [1.165, 1.54) is 38.2 Å². The largest absolute Gasteiger partial charge is 0.325 e. The maximum absolute atomic E-state index is 12.5. The number of hydrogen-bond acceptors (Lipinski definition) is 4. The second-order valence-electron chi connectivity index (χ2n) is 5.70. The Hall–Kier alpha value is -2.51. The molecule has 0 aromatic heterocycles. The first kappa shape index (κ1) is 18.8. The molecule has 2 aromatic carbocycles. The molecule has 0 aliphatic rings. The molecule has 0 radical (unpaired) electrons. The molecule has 2 rings (SSSR count). The van der Waals surface area contributed by atoms with Gasteiger partial charge < -0.3 is 5.32 Å². The number of Topliss-reactive ketones (excluding diaryl/α,β-unsaturated/α-hetero) is 1. The van der Waals surface area contributed by atoms with Crippen molar-refractivity contribution in [2.24, 2.45) is 0 Å². The zero-order valence-corrected chi connectivity index (χ0v) is 15.1. The van der Waals surface area contributed by atoms with Crippen molar-refractivity contribution in [2.45, 2.75) is 18.7 Å². The molecule has 2 aromatic rings. The normalized spacial score (nSPS) is 11.4. The van der Waals surface area contributed by atoms with Gasteiger partial charge in [-0.25, -0.2) is 8.42 Å². The molecule has 7 heteroatoms. The van der Waals surface area contributed by atoms with Crippen molar-refractivity contribution in [3.05, 3.63) is 59.7 Å². The van der Waals surface area contributed by atoms with Gasteiger partial charge >= 0.3 is 0 Å². The van der Waals surface area contributed by atoms with Gasteiger partial charge in [-0.3, -0.25) is 9.59 Å². The van der Waals surface area contributed by atoms with E-state index in [2.05, 4.69) is 5.32 Å². The Kier molecular flexibility index (Phi) is 5.71. The first-order chi connectivity index (χ1) is 11.7. The fraction of sp³-hybridized carbons (Fsp3) is 0.222. The molecule has 0 saturated carbocycles. The molecule has 0 heterocycles. The minimum Gasteiger partial charge on any atom is -0.325 e. The van der Waals surface area contributed by atoms with Crippen molar-refractivity contribution in [3.8, 4) is 0 Å². The highest BCUT2D eigenvalue weighted by Gasteiger charge is 2.23. The summed E-state index contributed by atoms with van der Waals surface area (Å²) < 4.78 is 26.0. The Morgan fingerprint density at radius 2 is 1.64 bits per heavy atom. The molecule has 0 spiro atoms. The molecule has 1 N–H and O–H groups in total. The summed E-state index contributed by atoms with van der Waals surface area (Å²) in [5.41, 5.74) is 1.96.